The summed E-state index contributed by atoms with van der Waals surface area (Å²) in [6.45, 7) is 5.62. The van der Waals surface area contributed by atoms with Gasteiger partial charge < -0.3 is 54.0 Å². The lowest BCUT2D eigenvalue weighted by atomic mass is 9.48. The number of hydrogen-bond donors (Lipinski definition) is 5. The first-order chi connectivity index (χ1) is 22.8. The third-order valence-electron chi connectivity index (χ3n) is 11.5. The van der Waals surface area contributed by atoms with Gasteiger partial charge in [-0.2, -0.15) is 0 Å². The fourth-order valence-corrected chi connectivity index (χ4v) is 9.00. The van der Waals surface area contributed by atoms with Crippen LogP contribution in [-0.4, -0.2) is 108 Å². The molecule has 13 heteroatoms. The van der Waals surface area contributed by atoms with Crippen molar-refractivity contribution in [1.82, 2.24) is 0 Å². The first-order valence-corrected chi connectivity index (χ1v) is 16.5. The first kappa shape index (κ1) is 34.7. The van der Waals surface area contributed by atoms with E-state index in [2.05, 4.69) is 13.8 Å². The molecule has 1 aromatic carbocycles. The van der Waals surface area contributed by atoms with Crippen molar-refractivity contribution in [2.45, 2.75) is 102 Å². The molecule has 5 aliphatic rings. The summed E-state index contributed by atoms with van der Waals surface area (Å²) in [7, 11) is 2.63. The Balaban J connectivity index is 1.24. The van der Waals surface area contributed by atoms with Crippen LogP contribution in [0.5, 0.6) is 17.2 Å². The molecular weight excluding hydrogens is 628 g/mol. The molecule has 2 aliphatic heterocycles. The van der Waals surface area contributed by atoms with Gasteiger partial charge in [0.25, 0.3) is 0 Å². The van der Waals surface area contributed by atoms with Crippen LogP contribution in [0.25, 0.3) is 0 Å². The van der Waals surface area contributed by atoms with Gasteiger partial charge in [-0.15, -0.1) is 0 Å². The third-order valence-corrected chi connectivity index (χ3v) is 11.5. The molecule has 0 spiro atoms. The van der Waals surface area contributed by atoms with Gasteiger partial charge in [0.1, 0.15) is 30.5 Å². The van der Waals surface area contributed by atoms with Crippen molar-refractivity contribution in [2.75, 3.05) is 27.4 Å². The fourth-order valence-electron chi connectivity index (χ4n) is 9.00. The molecule has 48 heavy (non-hydrogen) atoms. The van der Waals surface area contributed by atoms with Gasteiger partial charge in [-0.05, 0) is 67.1 Å². The summed E-state index contributed by atoms with van der Waals surface area (Å²) in [6.07, 6.45) is -3.93. The number of phenols is 1. The van der Waals surface area contributed by atoms with E-state index in [4.69, 9.17) is 28.4 Å². The van der Waals surface area contributed by atoms with Crippen LogP contribution in [0.1, 0.15) is 69.7 Å². The van der Waals surface area contributed by atoms with Crippen molar-refractivity contribution < 1.29 is 63.5 Å². The summed E-state index contributed by atoms with van der Waals surface area (Å²) in [5.74, 6) is -1.55. The van der Waals surface area contributed by atoms with E-state index in [1.807, 2.05) is 0 Å². The van der Waals surface area contributed by atoms with E-state index in [-0.39, 0.29) is 46.7 Å². The lowest BCUT2D eigenvalue weighted by Gasteiger charge is -2.58. The molecule has 0 aromatic heterocycles. The number of ether oxygens (including phenoxy) is 6. The fraction of sp³-hybridized carbons (Fsp3) is 0.657. The van der Waals surface area contributed by atoms with Gasteiger partial charge in [0.05, 0.1) is 33.0 Å². The number of rotatable bonds is 8. The van der Waals surface area contributed by atoms with Crippen molar-refractivity contribution in [3.8, 4) is 17.2 Å². The molecule has 2 heterocycles. The SMILES string of the molecule is COc1cc(C(=O)O[C@H]2[C@H](OC[C@]3(C)CCC[C@@]4(C)C5=C(CC[C@H]34)[C@H](O)C3=C(C)C(=O)O[C@@H]3C5)O[C@H](CO)[C@@H](O)[C@@H]2O)cc(OC)c1O. The van der Waals surface area contributed by atoms with Crippen LogP contribution < -0.4 is 9.47 Å². The van der Waals surface area contributed by atoms with E-state index in [1.54, 1.807) is 6.92 Å². The Kier molecular flexibility index (Phi) is 9.33. The summed E-state index contributed by atoms with van der Waals surface area (Å²) in [5, 5.41) is 53.3. The molecule has 0 unspecified atom stereocenters. The van der Waals surface area contributed by atoms with Gasteiger partial charge in [0.2, 0.25) is 5.75 Å². The molecule has 264 valence electrons. The van der Waals surface area contributed by atoms with Gasteiger partial charge in [0, 0.05) is 17.6 Å². The number of fused-ring (bicyclic) bond motifs is 3. The van der Waals surface area contributed by atoms with E-state index in [0.717, 1.165) is 36.8 Å². The number of aromatic hydroxyl groups is 1. The number of hydrogen-bond acceptors (Lipinski definition) is 13. The topological polar surface area (TPSA) is 191 Å². The van der Waals surface area contributed by atoms with Crippen LogP contribution in [-0.2, 0) is 23.7 Å². The number of phenolic OH excluding ortho intramolecular Hbond substituents is 1. The highest BCUT2D eigenvalue weighted by atomic mass is 16.7. The Morgan fingerprint density at radius 3 is 2.40 bits per heavy atom. The molecule has 10 atom stereocenters. The molecule has 6 rings (SSSR count). The van der Waals surface area contributed by atoms with Crippen LogP contribution in [0.4, 0.5) is 0 Å². The molecule has 1 aromatic rings. The molecule has 3 aliphatic carbocycles. The lowest BCUT2D eigenvalue weighted by molar-refractivity contribution is -0.307. The third kappa shape index (κ3) is 5.58. The Morgan fingerprint density at radius 1 is 1.06 bits per heavy atom. The van der Waals surface area contributed by atoms with E-state index >= 15 is 0 Å². The average molecular weight is 675 g/mol. The van der Waals surface area contributed by atoms with Crippen molar-refractivity contribution in [3.05, 3.63) is 40.0 Å². The van der Waals surface area contributed by atoms with Crippen LogP contribution in [0, 0.1) is 16.7 Å². The minimum atomic E-state index is -1.65. The van der Waals surface area contributed by atoms with Crippen molar-refractivity contribution in [1.29, 1.82) is 0 Å². The molecule has 1 saturated carbocycles. The average Bonchev–Trinajstić information content (AvgIpc) is 3.35. The van der Waals surface area contributed by atoms with Crippen LogP contribution in [0.15, 0.2) is 34.4 Å². The highest BCUT2D eigenvalue weighted by molar-refractivity contribution is 5.92. The summed E-state index contributed by atoms with van der Waals surface area (Å²) in [4.78, 5) is 25.7. The van der Waals surface area contributed by atoms with Gasteiger partial charge in [-0.25, -0.2) is 9.59 Å². The predicted molar refractivity (Wildman–Crippen MR) is 167 cm³/mol. The number of aliphatic hydroxyl groups excluding tert-OH is 4. The second kappa shape index (κ2) is 12.9. The highest BCUT2D eigenvalue weighted by Crippen LogP contribution is 2.63. The number of carbonyl (C=O) groups excluding carboxylic acids is 2. The number of methoxy groups -OCH3 is 2. The number of esters is 2. The van der Waals surface area contributed by atoms with Gasteiger partial charge in [0.15, 0.2) is 23.9 Å². The zero-order valence-electron chi connectivity index (χ0n) is 27.9. The van der Waals surface area contributed by atoms with Gasteiger partial charge >= 0.3 is 11.9 Å². The van der Waals surface area contributed by atoms with E-state index < -0.39 is 60.9 Å². The predicted octanol–water partition coefficient (Wildman–Crippen LogP) is 2.30. The Labute approximate surface area is 279 Å². The minimum Gasteiger partial charge on any atom is -0.502 e. The van der Waals surface area contributed by atoms with Crippen LogP contribution in [0.2, 0.25) is 0 Å². The zero-order valence-corrected chi connectivity index (χ0v) is 27.9. The maximum atomic E-state index is 13.4. The van der Waals surface area contributed by atoms with Crippen LogP contribution >= 0.6 is 0 Å². The molecule has 5 N–H and O–H groups in total. The number of benzene rings is 1. The van der Waals surface area contributed by atoms with Gasteiger partial charge in [-0.1, -0.05) is 25.8 Å². The normalized spacial score (nSPS) is 37.7. The Bertz CT molecular complexity index is 1490. The van der Waals surface area contributed by atoms with Gasteiger partial charge in [-0.3, -0.25) is 0 Å². The highest BCUT2D eigenvalue weighted by Gasteiger charge is 2.57. The minimum absolute atomic E-state index is 0.0343. The maximum absolute atomic E-state index is 13.4. The second-order valence-electron chi connectivity index (χ2n) is 14.2. The monoisotopic (exact) mass is 674 g/mol. The number of aliphatic hydroxyl groups is 4. The summed E-state index contributed by atoms with van der Waals surface area (Å²) >= 11 is 0. The largest absolute Gasteiger partial charge is 0.502 e. The standard InChI is InChI=1S/C35H46O13/c1-16-25-20(46-31(16)41)13-19-18(26(25)37)7-8-24-34(2,9-6-10-35(19,24)3)15-45-33-30(29(40)28(39)23(14-36)47-33)48-32(42)17-11-21(43-4)27(38)22(12-17)44-5/h11-12,20,23-24,26,28-30,33,36-40H,6-10,13-15H2,1-5H3/t20-,23-,24-,26+,28-,29+,30-,33-,34+,35+/m1/s1. The maximum Gasteiger partial charge on any atom is 0.338 e. The Morgan fingerprint density at radius 2 is 1.75 bits per heavy atom. The molecule has 2 fully saturated rings. The summed E-state index contributed by atoms with van der Waals surface area (Å²) < 4.78 is 33.9. The second-order valence-corrected chi connectivity index (χ2v) is 14.2. The molecule has 0 amide bonds. The Hall–Kier alpha value is -3.20. The summed E-state index contributed by atoms with van der Waals surface area (Å²) in [6, 6.07) is 2.51. The summed E-state index contributed by atoms with van der Waals surface area (Å²) in [5.41, 5.74) is 2.56. The van der Waals surface area contributed by atoms with E-state index in [0.29, 0.717) is 24.0 Å². The van der Waals surface area contributed by atoms with Crippen molar-refractivity contribution in [2.24, 2.45) is 16.7 Å². The molecule has 0 bridgehead atoms. The van der Waals surface area contributed by atoms with Crippen molar-refractivity contribution in [3.63, 3.8) is 0 Å². The van der Waals surface area contributed by atoms with E-state index in [1.165, 1.54) is 26.4 Å². The molecule has 1 saturated heterocycles. The molecule has 0 radical (unpaired) electrons. The van der Waals surface area contributed by atoms with Crippen LogP contribution in [0.3, 0.4) is 0 Å². The molecular formula is C35H46O13. The first-order valence-electron chi connectivity index (χ1n) is 16.5. The quantitative estimate of drug-likeness (QED) is 0.200. The lowest BCUT2D eigenvalue weighted by Crippen LogP contribution is -2.61. The van der Waals surface area contributed by atoms with Crippen molar-refractivity contribution >= 4 is 11.9 Å². The zero-order chi connectivity index (χ0) is 34.7. The smallest absolute Gasteiger partial charge is 0.338 e. The van der Waals surface area contributed by atoms with E-state index in [9.17, 15) is 35.1 Å². The molecule has 13 nitrogen and oxygen atoms in total. The number of carbonyl (C=O) groups is 2.